The minimum Gasteiger partial charge on any atom is -0.756 e. The number of allylic oxidation sites excluding steroid dienone is 17. The number of aliphatic hydroxyl groups excluding tert-OH is 1. The summed E-state index contributed by atoms with van der Waals surface area (Å²) >= 11 is 0. The van der Waals surface area contributed by atoms with E-state index in [-0.39, 0.29) is 32.2 Å². The molecule has 0 saturated carbocycles. The quantitative estimate of drug-likeness (QED) is 0.0162. The number of ether oxygens (including phenoxy) is 2. The fourth-order valence-corrected chi connectivity index (χ4v) is 5.60. The molecule has 11 heteroatoms. The molecule has 0 rings (SSSR count). The van der Waals surface area contributed by atoms with Crippen LogP contribution in [0.1, 0.15) is 123 Å². The normalized spacial score (nSPS) is 15.2. The Balaban J connectivity index is 4.61. The Labute approximate surface area is 358 Å². The second-order valence-corrected chi connectivity index (χ2v) is 16.6. The van der Waals surface area contributed by atoms with Gasteiger partial charge in [0.05, 0.1) is 33.9 Å². The number of nitrogens with zero attached hydrogens (tertiary/aromatic N) is 1. The van der Waals surface area contributed by atoms with Crippen LogP contribution in [0.25, 0.3) is 0 Å². The highest BCUT2D eigenvalue weighted by Crippen LogP contribution is 2.38. The van der Waals surface area contributed by atoms with E-state index in [9.17, 15) is 24.2 Å². The number of esters is 2. The number of carbonyl (C=O) groups excluding carboxylic acids is 2. The molecule has 1 N–H and O–H groups in total. The number of phosphoric acid groups is 1. The molecule has 1 unspecified atom stereocenters. The minimum absolute atomic E-state index is 0.0631. The largest absolute Gasteiger partial charge is 0.756 e. The molecular weight excluding hydrogens is 765 g/mol. The van der Waals surface area contributed by atoms with Crippen LogP contribution in [0.15, 0.2) is 109 Å². The highest BCUT2D eigenvalue weighted by molar-refractivity contribution is 7.45. The van der Waals surface area contributed by atoms with Gasteiger partial charge in [-0.3, -0.25) is 14.2 Å². The highest BCUT2D eigenvalue weighted by atomic mass is 31.2. The molecule has 3 atom stereocenters. The van der Waals surface area contributed by atoms with Crippen LogP contribution in [-0.2, 0) is 32.7 Å². The van der Waals surface area contributed by atoms with Crippen molar-refractivity contribution in [1.82, 2.24) is 0 Å². The van der Waals surface area contributed by atoms with Crippen molar-refractivity contribution in [3.05, 3.63) is 109 Å². The number of likely N-dealkylation sites (N-methyl/N-ethyl adjacent to an activating group) is 1. The Morgan fingerprint density at radius 3 is 1.59 bits per heavy atom. The van der Waals surface area contributed by atoms with Crippen LogP contribution in [0.3, 0.4) is 0 Å². The summed E-state index contributed by atoms with van der Waals surface area (Å²) < 4.78 is 33.7. The van der Waals surface area contributed by atoms with Crippen molar-refractivity contribution in [2.45, 2.75) is 135 Å². The summed E-state index contributed by atoms with van der Waals surface area (Å²) in [6, 6.07) is 0. The lowest BCUT2D eigenvalue weighted by atomic mass is 10.2. The zero-order valence-corrected chi connectivity index (χ0v) is 37.9. The van der Waals surface area contributed by atoms with Gasteiger partial charge in [0.1, 0.15) is 19.8 Å². The number of hydrogen-bond donors (Lipinski definition) is 1. The molecule has 0 fully saturated rings. The van der Waals surface area contributed by atoms with Gasteiger partial charge in [-0.2, -0.15) is 0 Å². The zero-order chi connectivity index (χ0) is 43.7. The van der Waals surface area contributed by atoms with Crippen molar-refractivity contribution in [2.75, 3.05) is 47.5 Å². The molecule has 0 amide bonds. The van der Waals surface area contributed by atoms with Crippen molar-refractivity contribution < 1.29 is 47.2 Å². The molecule has 0 aliphatic carbocycles. The lowest BCUT2D eigenvalue weighted by Crippen LogP contribution is -2.37. The number of carbonyl (C=O) groups is 2. The maximum atomic E-state index is 12.6. The lowest BCUT2D eigenvalue weighted by molar-refractivity contribution is -0.870. The van der Waals surface area contributed by atoms with E-state index in [2.05, 4.69) is 73.8 Å². The van der Waals surface area contributed by atoms with Crippen molar-refractivity contribution >= 4 is 19.8 Å². The number of phosphoric ester groups is 1. The van der Waals surface area contributed by atoms with Gasteiger partial charge in [0.2, 0.25) is 0 Å². The standard InChI is InChI=1S/C48H78NO9P/c1-6-8-9-10-11-12-13-14-15-16-17-21-24-27-30-33-36-39-47(51)55-43-46(44-57-59(53,54)56-42-41-49(3,4)5)58-48(52)40-37-34-31-28-25-22-19-18-20-23-26-29-32-35-38-45(50)7-2/h11-12,14-15,17,19-23,27-32,35,38,45-46,50H,6-10,13,16,18,24-26,33-34,36-37,39-44H2,1-5H3/b12-11-,15-14-,21-17-,22-19-,23-20-,30-27-,31-28-,32-29-,38-35+/t45-,46-/m1/s1. The zero-order valence-electron chi connectivity index (χ0n) is 37.0. The molecule has 10 nitrogen and oxygen atoms in total. The van der Waals surface area contributed by atoms with Crippen LogP contribution in [0.5, 0.6) is 0 Å². The third-order valence-electron chi connectivity index (χ3n) is 8.43. The summed E-state index contributed by atoms with van der Waals surface area (Å²) in [6.07, 6.45) is 49.4. The Morgan fingerprint density at radius 1 is 0.627 bits per heavy atom. The van der Waals surface area contributed by atoms with Crippen molar-refractivity contribution in [2.24, 2.45) is 0 Å². The van der Waals surface area contributed by atoms with Gasteiger partial charge in [-0.15, -0.1) is 0 Å². The van der Waals surface area contributed by atoms with Crippen LogP contribution < -0.4 is 4.89 Å². The van der Waals surface area contributed by atoms with Gasteiger partial charge in [0.15, 0.2) is 6.10 Å². The van der Waals surface area contributed by atoms with Gasteiger partial charge >= 0.3 is 11.9 Å². The number of quaternary nitrogens is 1. The molecule has 334 valence electrons. The van der Waals surface area contributed by atoms with Gasteiger partial charge in [-0.05, 0) is 83.5 Å². The second kappa shape index (κ2) is 38.8. The smallest absolute Gasteiger partial charge is 0.306 e. The predicted octanol–water partition coefficient (Wildman–Crippen LogP) is 10.7. The van der Waals surface area contributed by atoms with Gasteiger partial charge in [-0.25, -0.2) is 0 Å². The first-order chi connectivity index (χ1) is 28.4. The molecule has 0 bridgehead atoms. The summed E-state index contributed by atoms with van der Waals surface area (Å²) in [7, 11) is 1.06. The molecule has 0 aliphatic heterocycles. The maximum Gasteiger partial charge on any atom is 0.306 e. The molecule has 0 aromatic carbocycles. The van der Waals surface area contributed by atoms with Gasteiger partial charge in [-0.1, -0.05) is 136 Å². The second-order valence-electron chi connectivity index (χ2n) is 15.2. The predicted molar refractivity (Wildman–Crippen MR) is 241 cm³/mol. The van der Waals surface area contributed by atoms with E-state index in [4.69, 9.17) is 18.5 Å². The van der Waals surface area contributed by atoms with E-state index in [0.29, 0.717) is 43.1 Å². The molecule has 0 saturated heterocycles. The monoisotopic (exact) mass is 844 g/mol. The van der Waals surface area contributed by atoms with Crippen molar-refractivity contribution in [3.63, 3.8) is 0 Å². The average Bonchev–Trinajstić information content (AvgIpc) is 3.19. The SMILES string of the molecule is CCCCC/C=C\C/C=C\C/C=C\C/C=C\CCCC(=O)OC[C@H](COP(=O)([O-])OCC[N+](C)(C)C)OC(=O)CCC/C=C\C/C=C\C/C=C\C/C=C\C=C\[C@H](O)CC. The summed E-state index contributed by atoms with van der Waals surface area (Å²) in [5.41, 5.74) is 0. The molecular formula is C48H78NO9P. The number of rotatable bonds is 37. The summed E-state index contributed by atoms with van der Waals surface area (Å²) in [4.78, 5) is 37.5. The Bertz CT molecular complexity index is 1380. The number of aliphatic hydroxyl groups is 1. The van der Waals surface area contributed by atoms with E-state index in [0.717, 1.165) is 44.9 Å². The van der Waals surface area contributed by atoms with Crippen LogP contribution >= 0.6 is 7.82 Å². The van der Waals surface area contributed by atoms with Gasteiger partial charge in [0, 0.05) is 12.8 Å². The Morgan fingerprint density at radius 2 is 1.10 bits per heavy atom. The summed E-state index contributed by atoms with van der Waals surface area (Å²) in [6.45, 7) is 3.69. The fraction of sp³-hybridized carbons (Fsp3) is 0.583. The Kier molecular flexibility index (Phi) is 36.6. The van der Waals surface area contributed by atoms with Crippen LogP contribution in [0.4, 0.5) is 0 Å². The van der Waals surface area contributed by atoms with E-state index < -0.39 is 32.5 Å². The molecule has 0 heterocycles. The molecule has 59 heavy (non-hydrogen) atoms. The number of hydrogen-bond acceptors (Lipinski definition) is 9. The van der Waals surface area contributed by atoms with Crippen molar-refractivity contribution in [1.29, 1.82) is 0 Å². The summed E-state index contributed by atoms with van der Waals surface area (Å²) in [5, 5.41) is 9.48. The lowest BCUT2D eigenvalue weighted by Gasteiger charge is -2.28. The maximum absolute atomic E-state index is 12.6. The van der Waals surface area contributed by atoms with Gasteiger partial charge in [0.25, 0.3) is 7.82 Å². The minimum atomic E-state index is -4.67. The van der Waals surface area contributed by atoms with E-state index in [1.165, 1.54) is 19.3 Å². The van der Waals surface area contributed by atoms with E-state index in [1.54, 1.807) is 6.08 Å². The molecule has 0 spiro atoms. The molecule has 0 aliphatic rings. The first-order valence-electron chi connectivity index (χ1n) is 21.7. The van der Waals surface area contributed by atoms with E-state index in [1.807, 2.05) is 64.5 Å². The third-order valence-corrected chi connectivity index (χ3v) is 9.40. The van der Waals surface area contributed by atoms with E-state index >= 15 is 0 Å². The number of unbranched alkanes of at least 4 members (excludes halogenated alkanes) is 5. The van der Waals surface area contributed by atoms with Crippen molar-refractivity contribution in [3.8, 4) is 0 Å². The molecule has 0 aromatic heterocycles. The molecule has 0 aromatic rings. The first-order valence-corrected chi connectivity index (χ1v) is 23.2. The molecule has 0 radical (unpaired) electrons. The summed E-state index contributed by atoms with van der Waals surface area (Å²) in [5.74, 6) is -1.00. The average molecular weight is 844 g/mol. The van der Waals surface area contributed by atoms with Crippen LogP contribution in [-0.4, -0.2) is 81.2 Å². The van der Waals surface area contributed by atoms with Crippen LogP contribution in [0.2, 0.25) is 0 Å². The van der Waals surface area contributed by atoms with Crippen LogP contribution in [0, 0.1) is 0 Å². The highest BCUT2D eigenvalue weighted by Gasteiger charge is 2.21. The third kappa shape index (κ3) is 42.6. The first kappa shape index (κ1) is 55.6. The van der Waals surface area contributed by atoms with Gasteiger partial charge < -0.3 is 33.0 Å². The topological polar surface area (TPSA) is 131 Å². The Hall–Kier alpha value is -3.37. The fourth-order valence-electron chi connectivity index (χ4n) is 4.87.